The van der Waals surface area contributed by atoms with E-state index in [4.69, 9.17) is 4.74 Å². The summed E-state index contributed by atoms with van der Waals surface area (Å²) in [4.78, 5) is 6.99. The van der Waals surface area contributed by atoms with Crippen molar-refractivity contribution in [3.05, 3.63) is 30.1 Å². The Morgan fingerprint density at radius 3 is 2.78 bits per heavy atom. The molecule has 0 bridgehead atoms. The maximum Gasteiger partial charge on any atom is 0.202 e. The van der Waals surface area contributed by atoms with Gasteiger partial charge in [-0.2, -0.15) is 4.37 Å². The second-order valence-corrected chi connectivity index (χ2v) is 7.67. The van der Waals surface area contributed by atoms with Crippen molar-refractivity contribution in [1.29, 1.82) is 0 Å². The first-order valence-electron chi connectivity index (χ1n) is 7.96. The van der Waals surface area contributed by atoms with Crippen molar-refractivity contribution in [2.45, 2.75) is 38.6 Å². The Morgan fingerprint density at radius 1 is 1.30 bits per heavy atom. The minimum atomic E-state index is -0.00442. The van der Waals surface area contributed by atoms with Gasteiger partial charge in [-0.1, -0.05) is 32.9 Å². The molecule has 1 aromatic carbocycles. The lowest BCUT2D eigenvalue weighted by molar-refractivity contribution is 0.415. The summed E-state index contributed by atoms with van der Waals surface area (Å²) in [6, 6.07) is 8.57. The van der Waals surface area contributed by atoms with Gasteiger partial charge in [0, 0.05) is 36.1 Å². The van der Waals surface area contributed by atoms with Crippen LogP contribution in [0.1, 0.15) is 33.0 Å². The van der Waals surface area contributed by atoms with E-state index in [1.807, 2.05) is 12.1 Å². The average Bonchev–Trinajstić information content (AvgIpc) is 3.16. The quantitative estimate of drug-likeness (QED) is 0.928. The molecule has 3 rings (SSSR count). The number of nitrogens with one attached hydrogen (secondary N) is 1. The number of nitrogens with zero attached hydrogens (tertiary/aromatic N) is 3. The number of aromatic nitrogens is 2. The highest BCUT2D eigenvalue weighted by Crippen LogP contribution is 2.31. The van der Waals surface area contributed by atoms with E-state index in [9.17, 15) is 0 Å². The van der Waals surface area contributed by atoms with E-state index in [0.29, 0.717) is 6.04 Å². The highest BCUT2D eigenvalue weighted by molar-refractivity contribution is 7.09. The number of para-hydroxylation sites is 2. The normalized spacial score (nSPS) is 18.3. The molecule has 0 saturated carbocycles. The minimum absolute atomic E-state index is 0.00442. The lowest BCUT2D eigenvalue weighted by Crippen LogP contribution is -2.26. The SMILES string of the molecule is COc1ccccc1N1CCC(Nc2nc(C(C)(C)C)ns2)C1. The van der Waals surface area contributed by atoms with Crippen LogP contribution in [0.5, 0.6) is 5.75 Å². The van der Waals surface area contributed by atoms with Crippen LogP contribution in [0.15, 0.2) is 24.3 Å². The van der Waals surface area contributed by atoms with Crippen LogP contribution in [0.25, 0.3) is 0 Å². The Kier molecular flexibility index (Phi) is 4.43. The molecule has 0 spiro atoms. The van der Waals surface area contributed by atoms with Crippen molar-refractivity contribution >= 4 is 22.4 Å². The Labute approximate surface area is 141 Å². The molecule has 1 N–H and O–H groups in total. The summed E-state index contributed by atoms with van der Waals surface area (Å²) >= 11 is 1.45. The molecule has 1 aliphatic rings. The fourth-order valence-electron chi connectivity index (χ4n) is 2.75. The zero-order chi connectivity index (χ0) is 16.4. The molecule has 1 saturated heterocycles. The molecule has 23 heavy (non-hydrogen) atoms. The van der Waals surface area contributed by atoms with Crippen LogP contribution < -0.4 is 15.0 Å². The Balaban J connectivity index is 1.65. The van der Waals surface area contributed by atoms with Crippen molar-refractivity contribution in [3.63, 3.8) is 0 Å². The van der Waals surface area contributed by atoms with Crippen molar-refractivity contribution < 1.29 is 4.74 Å². The number of rotatable bonds is 4. The molecule has 1 atom stereocenters. The number of ether oxygens (including phenoxy) is 1. The summed E-state index contributed by atoms with van der Waals surface area (Å²) in [6.07, 6.45) is 1.09. The van der Waals surface area contributed by atoms with Gasteiger partial charge in [-0.3, -0.25) is 0 Å². The van der Waals surface area contributed by atoms with E-state index in [0.717, 1.165) is 41.9 Å². The lowest BCUT2D eigenvalue weighted by Gasteiger charge is -2.21. The van der Waals surface area contributed by atoms with Crippen LogP contribution in [-0.2, 0) is 5.41 Å². The van der Waals surface area contributed by atoms with Gasteiger partial charge in [0.25, 0.3) is 0 Å². The van der Waals surface area contributed by atoms with Gasteiger partial charge >= 0.3 is 0 Å². The van der Waals surface area contributed by atoms with E-state index in [1.165, 1.54) is 11.5 Å². The Bertz CT molecular complexity index is 665. The lowest BCUT2D eigenvalue weighted by atomic mass is 9.96. The highest BCUT2D eigenvalue weighted by Gasteiger charge is 2.26. The highest BCUT2D eigenvalue weighted by atomic mass is 32.1. The van der Waals surface area contributed by atoms with Crippen LogP contribution >= 0.6 is 11.5 Å². The van der Waals surface area contributed by atoms with Crippen LogP contribution in [0.4, 0.5) is 10.8 Å². The van der Waals surface area contributed by atoms with E-state index in [2.05, 4.69) is 52.5 Å². The molecular formula is C17H24N4OS. The average molecular weight is 332 g/mol. The third-order valence-electron chi connectivity index (χ3n) is 4.04. The molecule has 1 fully saturated rings. The maximum absolute atomic E-state index is 5.47. The van der Waals surface area contributed by atoms with Gasteiger partial charge in [-0.15, -0.1) is 0 Å². The topological polar surface area (TPSA) is 50.3 Å². The first-order valence-corrected chi connectivity index (χ1v) is 8.73. The molecule has 2 heterocycles. The van der Waals surface area contributed by atoms with Gasteiger partial charge in [-0.05, 0) is 18.6 Å². The monoisotopic (exact) mass is 332 g/mol. The standard InChI is InChI=1S/C17H24N4OS/c1-17(2,3)15-19-16(23-20-15)18-12-9-10-21(11-12)13-7-5-6-8-14(13)22-4/h5-8,12H,9-11H2,1-4H3,(H,18,19,20). The van der Waals surface area contributed by atoms with Crippen molar-refractivity contribution in [1.82, 2.24) is 9.36 Å². The van der Waals surface area contributed by atoms with E-state index < -0.39 is 0 Å². The van der Waals surface area contributed by atoms with Gasteiger partial charge in [0.15, 0.2) is 0 Å². The molecule has 6 heteroatoms. The summed E-state index contributed by atoms with van der Waals surface area (Å²) < 4.78 is 9.94. The number of hydrogen-bond donors (Lipinski definition) is 1. The van der Waals surface area contributed by atoms with Gasteiger partial charge in [0.1, 0.15) is 11.6 Å². The number of hydrogen-bond acceptors (Lipinski definition) is 6. The Hall–Kier alpha value is -1.82. The number of anilines is 2. The van der Waals surface area contributed by atoms with Gasteiger partial charge < -0.3 is 15.0 Å². The predicted molar refractivity (Wildman–Crippen MR) is 95.8 cm³/mol. The molecule has 5 nitrogen and oxygen atoms in total. The van der Waals surface area contributed by atoms with E-state index in [1.54, 1.807) is 7.11 Å². The molecular weight excluding hydrogens is 308 g/mol. The third-order valence-corrected chi connectivity index (χ3v) is 4.68. The van der Waals surface area contributed by atoms with E-state index >= 15 is 0 Å². The van der Waals surface area contributed by atoms with Gasteiger partial charge in [0.2, 0.25) is 5.13 Å². The number of benzene rings is 1. The van der Waals surface area contributed by atoms with Crippen LogP contribution in [-0.4, -0.2) is 35.6 Å². The van der Waals surface area contributed by atoms with Crippen LogP contribution in [0, 0.1) is 0 Å². The fourth-order valence-corrected chi connectivity index (χ4v) is 3.58. The molecule has 2 aromatic rings. The number of methoxy groups -OCH3 is 1. The Morgan fingerprint density at radius 2 is 2.09 bits per heavy atom. The smallest absolute Gasteiger partial charge is 0.202 e. The van der Waals surface area contributed by atoms with Gasteiger partial charge in [-0.25, -0.2) is 4.98 Å². The molecule has 124 valence electrons. The summed E-state index contributed by atoms with van der Waals surface area (Å²) in [5.74, 6) is 1.84. The maximum atomic E-state index is 5.47. The van der Waals surface area contributed by atoms with Crippen molar-refractivity contribution in [2.24, 2.45) is 0 Å². The zero-order valence-electron chi connectivity index (χ0n) is 14.2. The predicted octanol–water partition coefficient (Wildman–Crippen LogP) is 3.54. The fraction of sp³-hybridized carbons (Fsp3) is 0.529. The summed E-state index contributed by atoms with van der Waals surface area (Å²) in [5, 5.41) is 4.45. The second-order valence-electron chi connectivity index (χ2n) is 6.92. The summed E-state index contributed by atoms with van der Waals surface area (Å²) in [7, 11) is 1.72. The second kappa shape index (κ2) is 6.35. The van der Waals surface area contributed by atoms with Gasteiger partial charge in [0.05, 0.1) is 12.8 Å². The molecule has 1 aromatic heterocycles. The summed E-state index contributed by atoms with van der Waals surface area (Å²) in [5.41, 5.74) is 1.15. The molecule has 0 amide bonds. The van der Waals surface area contributed by atoms with Crippen molar-refractivity contribution in [2.75, 3.05) is 30.4 Å². The molecule has 0 radical (unpaired) electrons. The molecule has 1 aliphatic heterocycles. The first kappa shape index (κ1) is 16.1. The first-order chi connectivity index (χ1) is 11.0. The molecule has 1 unspecified atom stereocenters. The van der Waals surface area contributed by atoms with E-state index in [-0.39, 0.29) is 5.41 Å². The van der Waals surface area contributed by atoms with Crippen LogP contribution in [0.3, 0.4) is 0 Å². The minimum Gasteiger partial charge on any atom is -0.495 e. The largest absolute Gasteiger partial charge is 0.495 e. The van der Waals surface area contributed by atoms with Crippen LogP contribution in [0.2, 0.25) is 0 Å². The summed E-state index contributed by atoms with van der Waals surface area (Å²) in [6.45, 7) is 8.38. The van der Waals surface area contributed by atoms with Crippen molar-refractivity contribution in [3.8, 4) is 5.75 Å². The molecule has 0 aliphatic carbocycles. The third kappa shape index (κ3) is 3.58. The zero-order valence-corrected chi connectivity index (χ0v) is 15.0.